The van der Waals surface area contributed by atoms with E-state index in [1.54, 1.807) is 6.20 Å². The maximum atomic E-state index is 13.3. The highest BCUT2D eigenvalue weighted by Gasteiger charge is 2.21. The van der Waals surface area contributed by atoms with Gasteiger partial charge in [0.25, 0.3) is 5.91 Å². The smallest absolute Gasteiger partial charge is 0.256 e. The summed E-state index contributed by atoms with van der Waals surface area (Å²) in [5.74, 6) is 0.842. The fourth-order valence-electron chi connectivity index (χ4n) is 5.24. The van der Waals surface area contributed by atoms with Crippen LogP contribution >= 0.6 is 0 Å². The summed E-state index contributed by atoms with van der Waals surface area (Å²) in [6.45, 7) is 5.88. The van der Waals surface area contributed by atoms with Gasteiger partial charge in [-0.05, 0) is 55.2 Å². The van der Waals surface area contributed by atoms with Gasteiger partial charge in [0.2, 0.25) is 0 Å². The van der Waals surface area contributed by atoms with Gasteiger partial charge in [0, 0.05) is 61.3 Å². The number of carbonyl (C=O) groups excluding carboxylic acids is 1. The first kappa shape index (κ1) is 23.5. The van der Waals surface area contributed by atoms with Gasteiger partial charge in [-0.2, -0.15) is 0 Å². The molecule has 0 spiro atoms. The van der Waals surface area contributed by atoms with Crippen LogP contribution < -0.4 is 20.4 Å². The lowest BCUT2D eigenvalue weighted by Crippen LogP contribution is -2.36. The SMILES string of the molecule is O=C(Nc1ccc(N2CCCCC2)nc1)C1=CCNc2ccc(-c3cncc(N4CCOCC4)c3)cc21. The quantitative estimate of drug-likeness (QED) is 0.541. The number of nitrogens with zero attached hydrogens (tertiary/aromatic N) is 4. The number of rotatable bonds is 5. The largest absolute Gasteiger partial charge is 0.381 e. The zero-order valence-corrected chi connectivity index (χ0v) is 20.9. The molecular weight excluding hydrogens is 464 g/mol. The van der Waals surface area contributed by atoms with Crippen molar-refractivity contribution in [2.24, 2.45) is 0 Å². The van der Waals surface area contributed by atoms with E-state index < -0.39 is 0 Å². The van der Waals surface area contributed by atoms with Gasteiger partial charge in [-0.1, -0.05) is 12.1 Å². The second kappa shape index (κ2) is 10.6. The van der Waals surface area contributed by atoms with Gasteiger partial charge in [0.05, 0.1) is 37.0 Å². The van der Waals surface area contributed by atoms with E-state index in [1.807, 2.05) is 36.7 Å². The Morgan fingerprint density at radius 2 is 1.76 bits per heavy atom. The van der Waals surface area contributed by atoms with E-state index in [2.05, 4.69) is 48.6 Å². The Kier molecular flexibility index (Phi) is 6.73. The van der Waals surface area contributed by atoms with Crippen LogP contribution in [0.25, 0.3) is 16.7 Å². The second-order valence-corrected chi connectivity index (χ2v) is 9.70. The van der Waals surface area contributed by atoms with Crippen LogP contribution in [-0.2, 0) is 9.53 Å². The summed E-state index contributed by atoms with van der Waals surface area (Å²) >= 11 is 0. The monoisotopic (exact) mass is 496 g/mol. The molecule has 0 unspecified atom stereocenters. The van der Waals surface area contributed by atoms with Crippen LogP contribution in [0.2, 0.25) is 0 Å². The average Bonchev–Trinajstić information content (AvgIpc) is 2.98. The van der Waals surface area contributed by atoms with Crippen LogP contribution in [0.3, 0.4) is 0 Å². The molecule has 190 valence electrons. The molecule has 0 saturated carbocycles. The molecule has 6 rings (SSSR count). The molecule has 2 saturated heterocycles. The van der Waals surface area contributed by atoms with E-state index in [0.29, 0.717) is 17.8 Å². The van der Waals surface area contributed by atoms with Crippen molar-refractivity contribution < 1.29 is 9.53 Å². The van der Waals surface area contributed by atoms with Crippen molar-refractivity contribution in [2.75, 3.05) is 66.4 Å². The maximum absolute atomic E-state index is 13.3. The molecule has 8 nitrogen and oxygen atoms in total. The first-order chi connectivity index (χ1) is 18.2. The molecule has 3 aromatic rings. The Bertz CT molecular complexity index is 1290. The molecule has 1 aromatic carbocycles. The van der Waals surface area contributed by atoms with Crippen LogP contribution in [0.1, 0.15) is 24.8 Å². The first-order valence-corrected chi connectivity index (χ1v) is 13.1. The minimum Gasteiger partial charge on any atom is -0.381 e. The molecule has 3 aliphatic heterocycles. The molecule has 5 heterocycles. The fraction of sp³-hybridized carbons (Fsp3) is 0.345. The number of hydrogen-bond donors (Lipinski definition) is 2. The van der Waals surface area contributed by atoms with Crippen molar-refractivity contribution in [2.45, 2.75) is 19.3 Å². The molecule has 2 fully saturated rings. The van der Waals surface area contributed by atoms with Crippen molar-refractivity contribution in [1.82, 2.24) is 9.97 Å². The van der Waals surface area contributed by atoms with Gasteiger partial charge >= 0.3 is 0 Å². The van der Waals surface area contributed by atoms with Crippen LogP contribution in [0.5, 0.6) is 0 Å². The second-order valence-electron chi connectivity index (χ2n) is 9.70. The third-order valence-corrected chi connectivity index (χ3v) is 7.27. The Hall–Kier alpha value is -3.91. The van der Waals surface area contributed by atoms with Crippen molar-refractivity contribution in [3.63, 3.8) is 0 Å². The highest BCUT2D eigenvalue weighted by Crippen LogP contribution is 2.34. The summed E-state index contributed by atoms with van der Waals surface area (Å²) in [5, 5.41) is 6.43. The maximum Gasteiger partial charge on any atom is 0.256 e. The number of benzene rings is 1. The van der Waals surface area contributed by atoms with E-state index in [9.17, 15) is 4.79 Å². The predicted octanol–water partition coefficient (Wildman–Crippen LogP) is 4.42. The highest BCUT2D eigenvalue weighted by atomic mass is 16.5. The first-order valence-electron chi connectivity index (χ1n) is 13.1. The molecule has 8 heteroatoms. The zero-order chi connectivity index (χ0) is 25.0. The number of morpholine rings is 1. The third-order valence-electron chi connectivity index (χ3n) is 7.27. The summed E-state index contributed by atoms with van der Waals surface area (Å²) < 4.78 is 5.49. The van der Waals surface area contributed by atoms with Gasteiger partial charge < -0.3 is 25.2 Å². The normalized spacial score (nSPS) is 17.5. The molecule has 37 heavy (non-hydrogen) atoms. The minimum absolute atomic E-state index is 0.132. The molecule has 1 amide bonds. The van der Waals surface area contributed by atoms with Gasteiger partial charge in [0.15, 0.2) is 0 Å². The van der Waals surface area contributed by atoms with Crippen molar-refractivity contribution in [3.05, 3.63) is 66.6 Å². The Morgan fingerprint density at radius 3 is 2.57 bits per heavy atom. The fourth-order valence-corrected chi connectivity index (χ4v) is 5.24. The summed E-state index contributed by atoms with van der Waals surface area (Å²) in [4.78, 5) is 27.1. The molecule has 2 aromatic heterocycles. The highest BCUT2D eigenvalue weighted by molar-refractivity contribution is 6.27. The third kappa shape index (κ3) is 5.15. The van der Waals surface area contributed by atoms with Gasteiger partial charge in [-0.25, -0.2) is 4.98 Å². The van der Waals surface area contributed by atoms with E-state index in [4.69, 9.17) is 4.74 Å². The minimum atomic E-state index is -0.132. The van der Waals surface area contributed by atoms with Crippen molar-refractivity contribution in [1.29, 1.82) is 0 Å². The number of carbonyl (C=O) groups is 1. The summed E-state index contributed by atoms with van der Waals surface area (Å²) in [5.41, 5.74) is 6.33. The van der Waals surface area contributed by atoms with Gasteiger partial charge in [-0.15, -0.1) is 0 Å². The number of amides is 1. The molecule has 0 atom stereocenters. The topological polar surface area (TPSA) is 82.6 Å². The number of aromatic nitrogens is 2. The molecular formula is C29H32N6O2. The Morgan fingerprint density at radius 1 is 0.892 bits per heavy atom. The standard InChI is InChI=1S/C29H32N6O2/c36-29(33-23-5-7-28(32-19-23)35-10-2-1-3-11-35)25-8-9-31-27-6-4-21(17-26(25)27)22-16-24(20-30-18-22)34-12-14-37-15-13-34/h4-8,16-20,31H,1-3,9-15H2,(H,33,36). The molecule has 0 aliphatic carbocycles. The van der Waals surface area contributed by atoms with Crippen LogP contribution in [-0.4, -0.2) is 61.8 Å². The average molecular weight is 497 g/mol. The Labute approximate surface area is 217 Å². The number of pyridine rings is 2. The lowest BCUT2D eigenvalue weighted by Gasteiger charge is -2.28. The zero-order valence-electron chi connectivity index (χ0n) is 20.9. The summed E-state index contributed by atoms with van der Waals surface area (Å²) in [7, 11) is 0. The number of fused-ring (bicyclic) bond motifs is 1. The predicted molar refractivity (Wildman–Crippen MR) is 148 cm³/mol. The van der Waals surface area contributed by atoms with Crippen molar-refractivity contribution in [3.8, 4) is 11.1 Å². The molecule has 0 radical (unpaired) electrons. The number of piperidine rings is 1. The number of ether oxygens (including phenoxy) is 1. The molecule has 3 aliphatic rings. The van der Waals surface area contributed by atoms with Gasteiger partial charge in [0.1, 0.15) is 5.82 Å². The van der Waals surface area contributed by atoms with Crippen molar-refractivity contribution >= 4 is 34.4 Å². The summed E-state index contributed by atoms with van der Waals surface area (Å²) in [6.07, 6.45) is 11.2. The van der Waals surface area contributed by atoms with E-state index in [1.165, 1.54) is 19.3 Å². The number of nitrogens with one attached hydrogen (secondary N) is 2. The van der Waals surface area contributed by atoms with Crippen LogP contribution in [0, 0.1) is 0 Å². The molecule has 0 bridgehead atoms. The van der Waals surface area contributed by atoms with Gasteiger partial charge in [-0.3, -0.25) is 9.78 Å². The van der Waals surface area contributed by atoms with E-state index >= 15 is 0 Å². The summed E-state index contributed by atoms with van der Waals surface area (Å²) in [6, 6.07) is 12.3. The van der Waals surface area contributed by atoms with E-state index in [0.717, 1.165) is 73.3 Å². The number of anilines is 4. The number of hydrogen-bond acceptors (Lipinski definition) is 7. The van der Waals surface area contributed by atoms with Crippen LogP contribution in [0.15, 0.2) is 61.1 Å². The molecule has 2 N–H and O–H groups in total. The van der Waals surface area contributed by atoms with E-state index in [-0.39, 0.29) is 5.91 Å². The lowest BCUT2D eigenvalue weighted by molar-refractivity contribution is -0.111. The van der Waals surface area contributed by atoms with Crippen LogP contribution in [0.4, 0.5) is 22.9 Å². The lowest BCUT2D eigenvalue weighted by atomic mass is 9.95. The Balaban J connectivity index is 1.21.